The van der Waals surface area contributed by atoms with Crippen LogP contribution in [0.1, 0.15) is 11.6 Å². The Morgan fingerprint density at radius 2 is 1.41 bits per heavy atom. The van der Waals surface area contributed by atoms with Gasteiger partial charge in [0, 0.05) is 26.9 Å². The average Bonchev–Trinajstić information content (AvgIpc) is 2.95. The highest BCUT2D eigenvalue weighted by Crippen LogP contribution is 2.16. The molecule has 0 bridgehead atoms. The summed E-state index contributed by atoms with van der Waals surface area (Å²) in [4.78, 5) is 27.8. The summed E-state index contributed by atoms with van der Waals surface area (Å²) in [5, 5.41) is 20.9. The van der Waals surface area contributed by atoms with E-state index in [-0.39, 0.29) is 11.6 Å². The minimum Gasteiger partial charge on any atom is -0.358 e. The standard InChI is InChI=1S/C11H13ClN6O4/c1-7-13-10(17(19)20)5-15(7)3-9(12)4-16-6-11(18(21)22)14-8(16)2/h5-6,9H,3-4H2,1-2H3. The minimum absolute atomic E-state index is 0.240. The van der Waals surface area contributed by atoms with Crippen LogP contribution in [0.3, 0.4) is 0 Å². The molecule has 0 atom stereocenters. The van der Waals surface area contributed by atoms with Gasteiger partial charge in [-0.2, -0.15) is 0 Å². The van der Waals surface area contributed by atoms with Crippen molar-refractivity contribution in [3.8, 4) is 0 Å². The summed E-state index contributed by atoms with van der Waals surface area (Å²) < 4.78 is 3.16. The molecule has 0 aromatic carbocycles. The number of nitro groups is 2. The SMILES string of the molecule is Cc1nc([N+](=O)[O-])cn1CC(Cl)Cn1cc([N+](=O)[O-])nc1C. The Bertz CT molecular complexity index is 664. The van der Waals surface area contributed by atoms with Crippen molar-refractivity contribution in [3.05, 3.63) is 44.3 Å². The van der Waals surface area contributed by atoms with E-state index in [1.54, 1.807) is 23.0 Å². The lowest BCUT2D eigenvalue weighted by atomic mass is 10.4. The van der Waals surface area contributed by atoms with Gasteiger partial charge in [0.05, 0.1) is 5.38 Å². The van der Waals surface area contributed by atoms with Crippen LogP contribution in [0.4, 0.5) is 11.6 Å². The Morgan fingerprint density at radius 1 is 1.05 bits per heavy atom. The van der Waals surface area contributed by atoms with Crippen LogP contribution in [-0.2, 0) is 13.1 Å². The van der Waals surface area contributed by atoms with E-state index >= 15 is 0 Å². The molecule has 10 nitrogen and oxygen atoms in total. The largest absolute Gasteiger partial charge is 0.381 e. The van der Waals surface area contributed by atoms with Gasteiger partial charge in [-0.3, -0.25) is 0 Å². The van der Waals surface area contributed by atoms with Crippen molar-refractivity contribution in [3.63, 3.8) is 0 Å². The van der Waals surface area contributed by atoms with E-state index in [9.17, 15) is 20.2 Å². The highest BCUT2D eigenvalue weighted by molar-refractivity contribution is 6.20. The zero-order chi connectivity index (χ0) is 16.4. The quantitative estimate of drug-likeness (QED) is 0.453. The first-order valence-electron chi connectivity index (χ1n) is 6.28. The van der Waals surface area contributed by atoms with E-state index in [1.165, 1.54) is 12.4 Å². The van der Waals surface area contributed by atoms with E-state index in [1.807, 2.05) is 0 Å². The van der Waals surface area contributed by atoms with Gasteiger partial charge < -0.3 is 29.4 Å². The molecule has 0 saturated heterocycles. The number of imidazole rings is 2. The molecule has 0 aliphatic carbocycles. The van der Waals surface area contributed by atoms with Crippen LogP contribution in [0, 0.1) is 34.1 Å². The Hall–Kier alpha value is -2.49. The third-order valence-electron chi connectivity index (χ3n) is 3.09. The van der Waals surface area contributed by atoms with Gasteiger partial charge in [0.2, 0.25) is 11.6 Å². The molecule has 11 heteroatoms. The van der Waals surface area contributed by atoms with E-state index in [0.717, 1.165) is 0 Å². The van der Waals surface area contributed by atoms with Gasteiger partial charge >= 0.3 is 11.6 Å². The topological polar surface area (TPSA) is 122 Å². The lowest BCUT2D eigenvalue weighted by molar-refractivity contribution is -0.389. The number of rotatable bonds is 6. The third-order valence-corrected chi connectivity index (χ3v) is 3.37. The van der Waals surface area contributed by atoms with Crippen LogP contribution >= 0.6 is 11.6 Å². The second-order valence-electron chi connectivity index (χ2n) is 4.71. The van der Waals surface area contributed by atoms with Gasteiger partial charge in [-0.1, -0.05) is 0 Å². The van der Waals surface area contributed by atoms with Crippen molar-refractivity contribution in [2.45, 2.75) is 32.3 Å². The lowest BCUT2D eigenvalue weighted by Gasteiger charge is -2.11. The molecule has 0 amide bonds. The Labute approximate surface area is 129 Å². The van der Waals surface area contributed by atoms with Crippen LogP contribution in [0.15, 0.2) is 12.4 Å². The number of nitrogens with zero attached hydrogens (tertiary/aromatic N) is 6. The van der Waals surface area contributed by atoms with E-state index < -0.39 is 15.2 Å². The average molecular weight is 329 g/mol. The number of hydrogen-bond donors (Lipinski definition) is 0. The highest BCUT2D eigenvalue weighted by atomic mass is 35.5. The molecule has 118 valence electrons. The van der Waals surface area contributed by atoms with Crippen LogP contribution in [0.25, 0.3) is 0 Å². The third kappa shape index (κ3) is 3.39. The molecule has 2 aromatic heterocycles. The van der Waals surface area contributed by atoms with Gasteiger partial charge in [0.15, 0.2) is 0 Å². The maximum atomic E-state index is 10.7. The maximum Gasteiger partial charge on any atom is 0.381 e. The van der Waals surface area contributed by atoms with Gasteiger partial charge in [-0.05, 0) is 19.8 Å². The summed E-state index contributed by atoms with van der Waals surface area (Å²) in [6.07, 6.45) is 2.63. The highest BCUT2D eigenvalue weighted by Gasteiger charge is 2.20. The smallest absolute Gasteiger partial charge is 0.358 e. The van der Waals surface area contributed by atoms with E-state index in [2.05, 4.69) is 9.97 Å². The minimum atomic E-state index is -0.573. The summed E-state index contributed by atoms with van der Waals surface area (Å²) in [6.45, 7) is 3.87. The molecular weight excluding hydrogens is 316 g/mol. The van der Waals surface area contributed by atoms with Crippen molar-refractivity contribution in [1.82, 2.24) is 19.1 Å². The fraction of sp³-hybridized carbons (Fsp3) is 0.455. The van der Waals surface area contributed by atoms with Crippen LogP contribution in [-0.4, -0.2) is 34.3 Å². The maximum absolute atomic E-state index is 10.7. The first-order chi connectivity index (χ1) is 10.3. The van der Waals surface area contributed by atoms with E-state index in [4.69, 9.17) is 11.6 Å². The second kappa shape index (κ2) is 6.10. The van der Waals surface area contributed by atoms with Crippen molar-refractivity contribution < 1.29 is 9.85 Å². The fourth-order valence-electron chi connectivity index (χ4n) is 2.01. The molecule has 0 aliphatic heterocycles. The molecular formula is C11H13ClN6O4. The van der Waals surface area contributed by atoms with Crippen LogP contribution in [0.5, 0.6) is 0 Å². The number of halogens is 1. The van der Waals surface area contributed by atoms with E-state index in [0.29, 0.717) is 24.7 Å². The molecule has 2 aromatic rings. The molecule has 2 heterocycles. The monoisotopic (exact) mass is 328 g/mol. The fourth-order valence-corrected chi connectivity index (χ4v) is 2.31. The van der Waals surface area contributed by atoms with Crippen molar-refractivity contribution >= 4 is 23.2 Å². The Balaban J connectivity index is 2.08. The number of aryl methyl sites for hydroxylation is 2. The summed E-state index contributed by atoms with van der Waals surface area (Å²) in [7, 11) is 0. The lowest BCUT2D eigenvalue weighted by Crippen LogP contribution is -2.18. The molecule has 2 rings (SSSR count). The summed E-state index contributed by atoms with van der Waals surface area (Å²) >= 11 is 6.23. The van der Waals surface area contributed by atoms with Gasteiger partial charge in [0.1, 0.15) is 12.4 Å². The zero-order valence-electron chi connectivity index (χ0n) is 11.8. The summed E-state index contributed by atoms with van der Waals surface area (Å²) in [5.41, 5.74) is 0. The predicted molar refractivity (Wildman–Crippen MR) is 76.9 cm³/mol. The number of aromatic nitrogens is 4. The summed E-state index contributed by atoms with van der Waals surface area (Å²) in [5.74, 6) is 0.475. The Morgan fingerprint density at radius 3 is 1.68 bits per heavy atom. The molecule has 0 fully saturated rings. The molecule has 0 aliphatic rings. The molecule has 0 unspecified atom stereocenters. The molecule has 0 radical (unpaired) electrons. The normalized spacial score (nSPS) is 11.1. The molecule has 0 N–H and O–H groups in total. The van der Waals surface area contributed by atoms with Crippen molar-refractivity contribution in [2.75, 3.05) is 0 Å². The van der Waals surface area contributed by atoms with Gasteiger partial charge in [-0.25, -0.2) is 0 Å². The number of hydrogen-bond acceptors (Lipinski definition) is 6. The molecule has 0 saturated carbocycles. The van der Waals surface area contributed by atoms with Gasteiger partial charge in [-0.15, -0.1) is 11.6 Å². The predicted octanol–water partition coefficient (Wildman–Crippen LogP) is 1.82. The second-order valence-corrected chi connectivity index (χ2v) is 5.33. The first kappa shape index (κ1) is 15.9. The number of alkyl halides is 1. The zero-order valence-corrected chi connectivity index (χ0v) is 12.6. The van der Waals surface area contributed by atoms with Crippen molar-refractivity contribution in [1.29, 1.82) is 0 Å². The van der Waals surface area contributed by atoms with Crippen molar-refractivity contribution in [2.24, 2.45) is 0 Å². The summed E-state index contributed by atoms with van der Waals surface area (Å²) in [6, 6.07) is 0. The van der Waals surface area contributed by atoms with Crippen LogP contribution < -0.4 is 0 Å². The first-order valence-corrected chi connectivity index (χ1v) is 6.72. The van der Waals surface area contributed by atoms with Gasteiger partial charge in [0.25, 0.3) is 0 Å². The molecule has 22 heavy (non-hydrogen) atoms. The Kier molecular flexibility index (Phi) is 4.40. The van der Waals surface area contributed by atoms with Crippen LogP contribution in [0.2, 0.25) is 0 Å². The molecule has 0 spiro atoms.